The molecule has 0 aromatic rings. The van der Waals surface area contributed by atoms with Gasteiger partial charge in [0.25, 0.3) is 0 Å². The molecule has 2 saturated heterocycles. The van der Waals surface area contributed by atoms with E-state index in [2.05, 4.69) is 63.8 Å². The Hall–Kier alpha value is -9.94. The minimum atomic E-state index is -1.90. The summed E-state index contributed by atoms with van der Waals surface area (Å²) in [5.74, 6) is -19.0. The van der Waals surface area contributed by atoms with Gasteiger partial charge in [0.2, 0.25) is 88.6 Å². The molecule has 1 aliphatic carbocycles. The molecule has 0 unspecified atom stereocenters. The Morgan fingerprint density at radius 1 is 0.479 bits per heavy atom. The number of aliphatic hydroxyl groups excluding tert-OH is 5. The third kappa shape index (κ3) is 37.1. The lowest BCUT2D eigenvalue weighted by Crippen LogP contribution is -2.60. The molecule has 15 amide bonds. The molecule has 17 atom stereocenters. The number of carboxylic acid groups (broad SMARTS) is 3. The number of aliphatic hydroxyl groups is 5. The highest BCUT2D eigenvalue weighted by Crippen LogP contribution is 2.28. The normalized spacial score (nSPS) is 20.2. The van der Waals surface area contributed by atoms with E-state index in [-0.39, 0.29) is 76.4 Å². The zero-order valence-electron chi connectivity index (χ0n) is 66.2. The summed E-state index contributed by atoms with van der Waals surface area (Å²) in [7, 11) is 0. The van der Waals surface area contributed by atoms with Gasteiger partial charge in [-0.3, -0.25) is 81.5 Å². The molecular formula is C71H120N18O28. The highest BCUT2D eigenvalue weighted by atomic mass is 16.7. The first-order chi connectivity index (χ1) is 55.2. The molecule has 3 aliphatic rings. The second kappa shape index (κ2) is 52.7. The summed E-state index contributed by atoms with van der Waals surface area (Å²) in [4.78, 5) is 239. The smallest absolute Gasteiger partial charge is 0.328 e. The van der Waals surface area contributed by atoms with E-state index >= 15 is 0 Å². The molecule has 3 rings (SSSR count). The maximum absolute atomic E-state index is 14.6. The van der Waals surface area contributed by atoms with E-state index < -0.39 is 294 Å². The van der Waals surface area contributed by atoms with Gasteiger partial charge in [-0.25, -0.2) is 4.79 Å². The van der Waals surface area contributed by atoms with Gasteiger partial charge in [-0.05, 0) is 116 Å². The van der Waals surface area contributed by atoms with E-state index in [1.54, 1.807) is 0 Å². The van der Waals surface area contributed by atoms with Crippen LogP contribution in [0.2, 0.25) is 0 Å². The Bertz CT molecular complexity index is 3370. The highest BCUT2D eigenvalue weighted by molar-refractivity contribution is 5.99. The van der Waals surface area contributed by atoms with E-state index in [0.29, 0.717) is 25.7 Å². The summed E-state index contributed by atoms with van der Waals surface area (Å²) in [6.45, 7) is 1.24. The number of unbranched alkanes of at least 4 members (excludes halogenated alkanes) is 1. The molecule has 662 valence electrons. The number of carbonyl (C=O) groups excluding carboxylic acids is 15. The van der Waals surface area contributed by atoms with Crippen LogP contribution < -0.4 is 92.1 Å². The number of primary amides is 1. The molecular weight excluding hydrogens is 1550 g/mol. The van der Waals surface area contributed by atoms with Crippen LogP contribution in [-0.2, 0) is 95.8 Å². The quantitative estimate of drug-likeness (QED) is 0.0252. The van der Waals surface area contributed by atoms with Crippen LogP contribution in [0.15, 0.2) is 0 Å². The molecule has 0 aromatic heterocycles. The number of carbonyl (C=O) groups is 18. The minimum Gasteiger partial charge on any atom is -0.481 e. The van der Waals surface area contributed by atoms with Gasteiger partial charge < -0.3 is 147 Å². The largest absolute Gasteiger partial charge is 0.481 e. The van der Waals surface area contributed by atoms with Crippen LogP contribution in [0, 0.1) is 11.8 Å². The molecule has 2 aliphatic heterocycles. The first-order valence-corrected chi connectivity index (χ1v) is 39.0. The van der Waals surface area contributed by atoms with Gasteiger partial charge in [0, 0.05) is 32.4 Å². The Labute approximate surface area is 674 Å². The Morgan fingerprint density at radius 2 is 0.949 bits per heavy atom. The van der Waals surface area contributed by atoms with Crippen LogP contribution in [0.1, 0.15) is 163 Å². The standard InChI is InChI=1S/C71H120N18O28/c1-35(2)15-17-43(81-50(93)29-74)65(109)80-36(3)61(105)76-30-53(96)84-46(27-38-11-6-5-7-12-38)68(112)86-41(18-16-39(28-73)116-71-60(104)59(103)58(102)48(34-90)117-71)63(107)78-32-51(94)82-44(20-23-55(98)99)66(110)85-42(19-22-49(75)92)64(108)79-33-54(97)89-26-10-14-47(89)69(113)87-40(13-8-9-25-72)62(106)77-31-52(95)83-45(21-24-56(100)101)67(111)88-57(37(4)91)70(114)115/h35-48,57-60,71,90-91,102-104H,5-34,72-74H2,1-4H3,(H2,75,92)(H,76,105)(H,77,106)(H,78,107)(H,79,108)(H,80,109)(H,81,93)(H,82,94)(H,83,95)(H,84,96)(H,85,110)(H,86,112)(H,87,113)(H,88,111)(H,98,99)(H,100,101)(H,114,115)/t36-,37+,39+,40-,41-,42-,43-,44-,45-,46-,47-,48+,57-,58-,59-,60+,71+/m0/s1. The average molecular weight is 1670 g/mol. The van der Waals surface area contributed by atoms with Gasteiger partial charge in [-0.15, -0.1) is 0 Å². The third-order valence-corrected chi connectivity index (χ3v) is 19.5. The van der Waals surface area contributed by atoms with Crippen LogP contribution in [0.4, 0.5) is 0 Å². The number of hydrogen-bond donors (Lipinski definition) is 25. The minimum absolute atomic E-state index is 0.0132. The van der Waals surface area contributed by atoms with Crippen LogP contribution in [0.3, 0.4) is 0 Å². The number of hydrogen-bond acceptors (Lipinski definition) is 28. The van der Waals surface area contributed by atoms with Crippen molar-refractivity contribution >= 4 is 107 Å². The summed E-state index contributed by atoms with van der Waals surface area (Å²) in [6, 6.07) is -15.1. The van der Waals surface area contributed by atoms with E-state index in [0.717, 1.165) is 31.1 Å². The van der Waals surface area contributed by atoms with Crippen molar-refractivity contribution in [2.75, 3.05) is 59.0 Å². The van der Waals surface area contributed by atoms with E-state index in [4.69, 9.17) is 32.4 Å². The summed E-state index contributed by atoms with van der Waals surface area (Å²) in [5, 5.41) is 111. The molecule has 117 heavy (non-hydrogen) atoms. The van der Waals surface area contributed by atoms with Crippen molar-refractivity contribution in [2.45, 2.75) is 266 Å². The van der Waals surface area contributed by atoms with Gasteiger partial charge in [-0.1, -0.05) is 46.0 Å². The van der Waals surface area contributed by atoms with Crippen molar-refractivity contribution in [1.82, 2.24) is 74.0 Å². The molecule has 0 radical (unpaired) electrons. The number of nitrogens with one attached hydrogen (secondary N) is 13. The molecule has 0 spiro atoms. The Balaban J connectivity index is 1.85. The van der Waals surface area contributed by atoms with Gasteiger partial charge >= 0.3 is 17.9 Å². The topological polar surface area (TPSA) is 751 Å². The number of likely N-dealkylation sites (tertiary alicyclic amines) is 1. The SMILES string of the molecule is CC(C)CC[C@H](NC(=O)CN)C(=O)N[C@@H](C)C(=O)NCC(=O)N[C@@H](CC1CCCCC1)C(=O)N[C@@H](CC[C@H](CN)O[C@@H]1O[C@H](CO)[C@H](O)[C@H](O)[C@H]1O)C(=O)NCC(=O)N[C@@H](CCC(=O)O)C(=O)N[C@@H](CCC(N)=O)C(=O)NCC(=O)N1CCC[C@H]1C(=O)N[C@@H](CCCCN)C(=O)NCC(=O)N[C@@H](CCC(=O)O)C(=O)N[C@H](C(=O)O)[C@@H](C)O. The van der Waals surface area contributed by atoms with Gasteiger partial charge in [0.05, 0.1) is 51.5 Å². The summed E-state index contributed by atoms with van der Waals surface area (Å²) >= 11 is 0. The number of nitrogens with zero attached hydrogens (tertiary/aromatic N) is 1. The molecule has 3 fully saturated rings. The monoisotopic (exact) mass is 1670 g/mol. The van der Waals surface area contributed by atoms with Crippen LogP contribution in [0.5, 0.6) is 0 Å². The molecule has 46 nitrogen and oxygen atoms in total. The molecule has 1 saturated carbocycles. The van der Waals surface area contributed by atoms with Gasteiger partial charge in [0.1, 0.15) is 78.8 Å². The van der Waals surface area contributed by atoms with E-state index in [9.17, 15) is 127 Å². The van der Waals surface area contributed by atoms with Crippen molar-refractivity contribution < 1.29 is 137 Å². The predicted molar refractivity (Wildman–Crippen MR) is 405 cm³/mol. The predicted octanol–water partition coefficient (Wildman–Crippen LogP) is -10.3. The lowest BCUT2D eigenvalue weighted by molar-refractivity contribution is -0.310. The van der Waals surface area contributed by atoms with Crippen molar-refractivity contribution in [1.29, 1.82) is 0 Å². The number of aliphatic carboxylic acids is 3. The number of nitrogens with two attached hydrogens (primary N) is 4. The fraction of sp³-hybridized carbons (Fsp3) is 0.746. The fourth-order valence-corrected chi connectivity index (χ4v) is 12.8. The van der Waals surface area contributed by atoms with Gasteiger partial charge in [0.15, 0.2) is 12.3 Å². The number of ether oxygens (including phenoxy) is 2. The molecule has 0 bridgehead atoms. The second-order valence-corrected chi connectivity index (χ2v) is 29.4. The Kier molecular flexibility index (Phi) is 45.6. The lowest BCUT2D eigenvalue weighted by atomic mass is 9.84. The summed E-state index contributed by atoms with van der Waals surface area (Å²) < 4.78 is 11.3. The number of amides is 15. The molecule has 46 heteroatoms. The van der Waals surface area contributed by atoms with Crippen LogP contribution >= 0.6 is 0 Å². The third-order valence-electron chi connectivity index (χ3n) is 19.5. The molecule has 2 heterocycles. The van der Waals surface area contributed by atoms with Crippen molar-refractivity contribution in [3.63, 3.8) is 0 Å². The number of carboxylic acids is 3. The highest BCUT2D eigenvalue weighted by Gasteiger charge is 2.46. The zero-order valence-corrected chi connectivity index (χ0v) is 66.2. The second-order valence-electron chi connectivity index (χ2n) is 29.4. The Morgan fingerprint density at radius 3 is 1.45 bits per heavy atom. The summed E-state index contributed by atoms with van der Waals surface area (Å²) in [5.41, 5.74) is 22.6. The summed E-state index contributed by atoms with van der Waals surface area (Å²) in [6.07, 6.45) is -10.7. The maximum Gasteiger partial charge on any atom is 0.328 e. The van der Waals surface area contributed by atoms with Gasteiger partial charge in [-0.2, -0.15) is 0 Å². The molecule has 0 aromatic carbocycles. The van der Waals surface area contributed by atoms with Crippen LogP contribution in [-0.4, -0.2) is 315 Å². The zero-order chi connectivity index (χ0) is 87.8. The van der Waals surface area contributed by atoms with Crippen LogP contribution in [0.25, 0.3) is 0 Å². The van der Waals surface area contributed by atoms with E-state index in [1.807, 2.05) is 19.2 Å². The molecule has 29 N–H and O–H groups in total. The fourth-order valence-electron chi connectivity index (χ4n) is 12.8. The average Bonchev–Trinajstić information content (AvgIpc) is 1.27. The maximum atomic E-state index is 14.6. The van der Waals surface area contributed by atoms with Crippen molar-refractivity contribution in [3.8, 4) is 0 Å². The van der Waals surface area contributed by atoms with Crippen molar-refractivity contribution in [2.24, 2.45) is 34.8 Å². The lowest BCUT2D eigenvalue weighted by Gasteiger charge is -2.40. The first kappa shape index (κ1) is 101. The number of rotatable bonds is 54. The first-order valence-electron chi connectivity index (χ1n) is 39.0. The van der Waals surface area contributed by atoms with E-state index in [1.165, 1.54) is 6.92 Å². The van der Waals surface area contributed by atoms with Crippen molar-refractivity contribution in [3.05, 3.63) is 0 Å².